The van der Waals surface area contributed by atoms with E-state index in [4.69, 9.17) is 4.74 Å². The molecule has 0 saturated carbocycles. The summed E-state index contributed by atoms with van der Waals surface area (Å²) in [4.78, 5) is 6.30. The van der Waals surface area contributed by atoms with E-state index in [9.17, 15) is 4.39 Å². The van der Waals surface area contributed by atoms with E-state index in [1.165, 1.54) is 18.9 Å². The zero-order valence-corrected chi connectivity index (χ0v) is 14.0. The van der Waals surface area contributed by atoms with Crippen molar-refractivity contribution in [1.82, 2.24) is 14.8 Å². The molecule has 0 saturated heterocycles. The molecule has 1 heterocycles. The second-order valence-electron chi connectivity index (χ2n) is 5.34. The Labute approximate surface area is 136 Å². The van der Waals surface area contributed by atoms with Crippen LogP contribution in [-0.4, -0.2) is 36.6 Å². The average Bonchev–Trinajstić information content (AvgIpc) is 2.93. The number of halogens is 1. The highest BCUT2D eigenvalue weighted by atomic mass is 19.1. The Morgan fingerprint density at radius 1 is 1.39 bits per heavy atom. The highest BCUT2D eigenvalue weighted by molar-refractivity contribution is 5.79. The normalized spacial score (nSPS) is 11.4. The Morgan fingerprint density at radius 3 is 2.74 bits per heavy atom. The lowest BCUT2D eigenvalue weighted by atomic mass is 10.2. The van der Waals surface area contributed by atoms with Gasteiger partial charge < -0.3 is 19.5 Å². The molecule has 0 spiro atoms. The molecule has 124 valence electrons. The number of aryl methyl sites for hydroxylation is 1. The van der Waals surface area contributed by atoms with E-state index in [0.717, 1.165) is 18.1 Å². The van der Waals surface area contributed by atoms with Crippen LogP contribution >= 0.6 is 0 Å². The van der Waals surface area contributed by atoms with Gasteiger partial charge in [0, 0.05) is 39.6 Å². The topological polar surface area (TPSA) is 41.8 Å². The van der Waals surface area contributed by atoms with Crippen LogP contribution in [0.3, 0.4) is 0 Å². The summed E-state index contributed by atoms with van der Waals surface area (Å²) in [5.41, 5.74) is 2.02. The molecule has 0 aliphatic rings. The standard InChI is InChI=1S/C17H23FN4O/c1-19-17(22(3)12-14-6-5-9-21(14)2)20-11-13-7-8-16(23-4)15(18)10-13/h5-10H,11-12H2,1-4H3,(H,19,20). The van der Waals surface area contributed by atoms with Gasteiger partial charge in [0.05, 0.1) is 13.7 Å². The smallest absolute Gasteiger partial charge is 0.194 e. The summed E-state index contributed by atoms with van der Waals surface area (Å²) in [7, 11) is 7.17. The molecule has 0 amide bonds. The third kappa shape index (κ3) is 4.25. The van der Waals surface area contributed by atoms with Gasteiger partial charge >= 0.3 is 0 Å². The van der Waals surface area contributed by atoms with Crippen molar-refractivity contribution in [1.29, 1.82) is 0 Å². The van der Waals surface area contributed by atoms with Gasteiger partial charge in [0.25, 0.3) is 0 Å². The Bertz CT molecular complexity index is 681. The minimum absolute atomic E-state index is 0.249. The minimum atomic E-state index is -0.362. The van der Waals surface area contributed by atoms with Crippen LogP contribution in [0, 0.1) is 5.82 Å². The first kappa shape index (κ1) is 16.9. The molecule has 0 unspecified atom stereocenters. The molecule has 0 radical (unpaired) electrons. The van der Waals surface area contributed by atoms with Gasteiger partial charge in [-0.1, -0.05) is 6.07 Å². The molecule has 0 atom stereocenters. The maximum absolute atomic E-state index is 13.7. The maximum atomic E-state index is 13.7. The Balaban J connectivity index is 1.97. The number of nitrogens with zero attached hydrogens (tertiary/aromatic N) is 3. The fourth-order valence-corrected chi connectivity index (χ4v) is 2.36. The summed E-state index contributed by atoms with van der Waals surface area (Å²) in [5.74, 6) is 0.639. The number of aromatic nitrogens is 1. The number of nitrogens with one attached hydrogen (secondary N) is 1. The molecule has 2 aromatic rings. The maximum Gasteiger partial charge on any atom is 0.194 e. The molecule has 0 bridgehead atoms. The van der Waals surface area contributed by atoms with Gasteiger partial charge in [-0.25, -0.2) is 4.39 Å². The van der Waals surface area contributed by atoms with Crippen LogP contribution in [0.5, 0.6) is 5.75 Å². The summed E-state index contributed by atoms with van der Waals surface area (Å²) in [6, 6.07) is 9.01. The van der Waals surface area contributed by atoms with Crippen LogP contribution in [0.25, 0.3) is 0 Å². The molecule has 0 aliphatic heterocycles. The van der Waals surface area contributed by atoms with Crippen molar-refractivity contribution in [3.8, 4) is 5.75 Å². The lowest BCUT2D eigenvalue weighted by Gasteiger charge is -2.22. The molecule has 1 N–H and O–H groups in total. The van der Waals surface area contributed by atoms with Crippen molar-refractivity contribution in [2.24, 2.45) is 12.0 Å². The van der Waals surface area contributed by atoms with Gasteiger partial charge in [0.15, 0.2) is 17.5 Å². The summed E-state index contributed by atoms with van der Waals surface area (Å²) in [6.45, 7) is 1.23. The quantitative estimate of drug-likeness (QED) is 0.680. The van der Waals surface area contributed by atoms with Gasteiger partial charge in [-0.2, -0.15) is 0 Å². The fourth-order valence-electron chi connectivity index (χ4n) is 2.36. The van der Waals surface area contributed by atoms with Crippen molar-refractivity contribution in [2.45, 2.75) is 13.1 Å². The zero-order valence-electron chi connectivity index (χ0n) is 14.0. The van der Waals surface area contributed by atoms with Crippen LogP contribution in [0.2, 0.25) is 0 Å². The number of guanidine groups is 1. The summed E-state index contributed by atoms with van der Waals surface area (Å²) in [6.07, 6.45) is 2.01. The molecule has 0 aliphatic carbocycles. The van der Waals surface area contributed by atoms with Crippen molar-refractivity contribution in [3.05, 3.63) is 53.6 Å². The molecular weight excluding hydrogens is 295 g/mol. The zero-order chi connectivity index (χ0) is 16.8. The molecule has 1 aromatic carbocycles. The van der Waals surface area contributed by atoms with E-state index in [0.29, 0.717) is 6.54 Å². The Hall–Kier alpha value is -2.50. The lowest BCUT2D eigenvalue weighted by Crippen LogP contribution is -2.38. The van der Waals surface area contributed by atoms with Crippen LogP contribution in [0.1, 0.15) is 11.3 Å². The highest BCUT2D eigenvalue weighted by Gasteiger charge is 2.09. The van der Waals surface area contributed by atoms with Crippen molar-refractivity contribution < 1.29 is 9.13 Å². The van der Waals surface area contributed by atoms with E-state index >= 15 is 0 Å². The summed E-state index contributed by atoms with van der Waals surface area (Å²) in [5, 5.41) is 3.24. The van der Waals surface area contributed by atoms with Crippen molar-refractivity contribution >= 4 is 5.96 Å². The number of rotatable bonds is 5. The summed E-state index contributed by atoms with van der Waals surface area (Å²) >= 11 is 0. The van der Waals surface area contributed by atoms with Crippen LogP contribution in [-0.2, 0) is 20.1 Å². The van der Waals surface area contributed by atoms with E-state index in [-0.39, 0.29) is 11.6 Å². The molecular formula is C17H23FN4O. The number of hydrogen-bond donors (Lipinski definition) is 1. The monoisotopic (exact) mass is 318 g/mol. The highest BCUT2D eigenvalue weighted by Crippen LogP contribution is 2.17. The first-order chi connectivity index (χ1) is 11.0. The predicted octanol–water partition coefficient (Wildman–Crippen LogP) is 2.38. The van der Waals surface area contributed by atoms with E-state index in [1.807, 2.05) is 37.3 Å². The number of ether oxygens (including phenoxy) is 1. The lowest BCUT2D eigenvalue weighted by molar-refractivity contribution is 0.386. The molecule has 2 rings (SSSR count). The average molecular weight is 318 g/mol. The number of methoxy groups -OCH3 is 1. The first-order valence-corrected chi connectivity index (χ1v) is 7.39. The first-order valence-electron chi connectivity index (χ1n) is 7.39. The molecule has 5 nitrogen and oxygen atoms in total. The van der Waals surface area contributed by atoms with Crippen LogP contribution < -0.4 is 10.1 Å². The van der Waals surface area contributed by atoms with E-state index in [1.54, 1.807) is 13.1 Å². The number of aliphatic imine (C=N–C) groups is 1. The second kappa shape index (κ2) is 7.67. The Morgan fingerprint density at radius 2 is 2.17 bits per heavy atom. The van der Waals surface area contributed by atoms with Gasteiger partial charge in [0.2, 0.25) is 0 Å². The third-order valence-electron chi connectivity index (χ3n) is 3.69. The molecule has 23 heavy (non-hydrogen) atoms. The van der Waals surface area contributed by atoms with E-state index in [2.05, 4.69) is 20.9 Å². The van der Waals surface area contributed by atoms with Crippen molar-refractivity contribution in [2.75, 3.05) is 21.2 Å². The van der Waals surface area contributed by atoms with Gasteiger partial charge in [-0.15, -0.1) is 0 Å². The largest absolute Gasteiger partial charge is 0.494 e. The Kier molecular flexibility index (Phi) is 5.62. The number of benzene rings is 1. The van der Waals surface area contributed by atoms with Crippen molar-refractivity contribution in [3.63, 3.8) is 0 Å². The summed E-state index contributed by atoms with van der Waals surface area (Å²) < 4.78 is 20.7. The number of hydrogen-bond acceptors (Lipinski definition) is 2. The van der Waals surface area contributed by atoms with Crippen LogP contribution in [0.4, 0.5) is 4.39 Å². The van der Waals surface area contributed by atoms with Crippen LogP contribution in [0.15, 0.2) is 41.5 Å². The van der Waals surface area contributed by atoms with Gasteiger partial charge in [-0.3, -0.25) is 4.99 Å². The molecule has 1 aromatic heterocycles. The molecule has 6 heteroatoms. The van der Waals surface area contributed by atoms with Gasteiger partial charge in [-0.05, 0) is 29.8 Å². The third-order valence-corrected chi connectivity index (χ3v) is 3.69. The SMILES string of the molecule is CN=C(NCc1ccc(OC)c(F)c1)N(C)Cc1cccn1C. The predicted molar refractivity (Wildman–Crippen MR) is 90.0 cm³/mol. The van der Waals surface area contributed by atoms with E-state index < -0.39 is 0 Å². The fraction of sp³-hybridized carbons (Fsp3) is 0.353. The minimum Gasteiger partial charge on any atom is -0.494 e. The van der Waals surface area contributed by atoms with Gasteiger partial charge in [0.1, 0.15) is 0 Å². The molecule has 0 fully saturated rings. The second-order valence-corrected chi connectivity index (χ2v) is 5.34.